The van der Waals surface area contributed by atoms with Gasteiger partial charge in [-0.05, 0) is 56.7 Å². The van der Waals surface area contributed by atoms with Gasteiger partial charge in [-0.3, -0.25) is 9.59 Å². The van der Waals surface area contributed by atoms with Gasteiger partial charge in [-0.1, -0.05) is 80.6 Å². The number of rotatable bonds is 6. The smallest absolute Gasteiger partial charge is 0.255 e. The van der Waals surface area contributed by atoms with Gasteiger partial charge in [0.05, 0.1) is 0 Å². The fourth-order valence-electron chi connectivity index (χ4n) is 5.66. The van der Waals surface area contributed by atoms with Crippen LogP contribution in [0.4, 0.5) is 0 Å². The van der Waals surface area contributed by atoms with Gasteiger partial charge in [-0.15, -0.1) is 0 Å². The Morgan fingerprint density at radius 3 is 2.36 bits per heavy atom. The number of nitrogens with zero attached hydrogens (tertiary/aromatic N) is 1. The van der Waals surface area contributed by atoms with Crippen LogP contribution < -0.4 is 5.32 Å². The molecule has 2 aliphatic rings. The SMILES string of the molecule is C[C@@H](CCc1ccccc1)N1C(=O)c2ccccc2C[C@@]1(C)C(=O)NC1CCCCCCC1. The van der Waals surface area contributed by atoms with Crippen molar-refractivity contribution in [1.29, 1.82) is 0 Å². The van der Waals surface area contributed by atoms with Crippen molar-refractivity contribution in [2.45, 2.75) is 95.7 Å². The minimum Gasteiger partial charge on any atom is -0.351 e. The lowest BCUT2D eigenvalue weighted by molar-refractivity contribution is -0.133. The number of carbonyl (C=O) groups is 2. The second kappa shape index (κ2) is 10.5. The summed E-state index contributed by atoms with van der Waals surface area (Å²) in [6.07, 6.45) is 10.5. The average Bonchev–Trinajstić information content (AvgIpc) is 2.80. The summed E-state index contributed by atoms with van der Waals surface area (Å²) in [6, 6.07) is 18.3. The van der Waals surface area contributed by atoms with Crippen LogP contribution in [0.3, 0.4) is 0 Å². The summed E-state index contributed by atoms with van der Waals surface area (Å²) in [7, 11) is 0. The topological polar surface area (TPSA) is 49.4 Å². The third-order valence-electron chi connectivity index (χ3n) is 7.60. The Labute approximate surface area is 198 Å². The van der Waals surface area contributed by atoms with Gasteiger partial charge >= 0.3 is 0 Å². The summed E-state index contributed by atoms with van der Waals surface area (Å²) in [6.45, 7) is 4.06. The molecule has 4 nitrogen and oxygen atoms in total. The van der Waals surface area contributed by atoms with Gasteiger partial charge in [0.1, 0.15) is 5.54 Å². The fourth-order valence-corrected chi connectivity index (χ4v) is 5.66. The Balaban J connectivity index is 1.57. The van der Waals surface area contributed by atoms with Crippen LogP contribution in [0, 0.1) is 0 Å². The standard InChI is InChI=1S/C29H38N2O2/c1-22(19-20-23-13-7-6-8-14-23)31-27(32)26-18-12-11-15-24(26)21-29(31,2)28(33)30-25-16-9-4-3-5-10-17-25/h6-8,11-15,18,22,25H,3-5,9-10,16-17,19-21H2,1-2H3,(H,30,33)/t22-,29-/m0/s1. The van der Waals surface area contributed by atoms with Gasteiger partial charge in [-0.2, -0.15) is 0 Å². The molecule has 33 heavy (non-hydrogen) atoms. The number of nitrogens with one attached hydrogen (secondary N) is 1. The Bertz CT molecular complexity index is 949. The first-order valence-corrected chi connectivity index (χ1v) is 12.8. The molecule has 2 aromatic carbocycles. The van der Waals surface area contributed by atoms with E-state index in [9.17, 15) is 9.59 Å². The Kier molecular flexibility index (Phi) is 7.52. The highest BCUT2D eigenvalue weighted by molar-refractivity contribution is 6.02. The second-order valence-corrected chi connectivity index (χ2v) is 10.2. The summed E-state index contributed by atoms with van der Waals surface area (Å²) < 4.78 is 0. The highest BCUT2D eigenvalue weighted by atomic mass is 16.2. The first-order chi connectivity index (χ1) is 16.0. The van der Waals surface area contributed by atoms with Crippen LogP contribution in [0.25, 0.3) is 0 Å². The zero-order chi connectivity index (χ0) is 23.3. The molecule has 0 unspecified atom stereocenters. The number of hydrogen-bond acceptors (Lipinski definition) is 2. The van der Waals surface area contributed by atoms with E-state index >= 15 is 0 Å². The minimum absolute atomic E-state index is 0.00230. The maximum Gasteiger partial charge on any atom is 0.255 e. The molecule has 1 aliphatic heterocycles. The zero-order valence-corrected chi connectivity index (χ0v) is 20.2. The van der Waals surface area contributed by atoms with Crippen LogP contribution in [0.2, 0.25) is 0 Å². The van der Waals surface area contributed by atoms with Crippen molar-refractivity contribution in [3.63, 3.8) is 0 Å². The van der Waals surface area contributed by atoms with E-state index in [-0.39, 0.29) is 23.9 Å². The van der Waals surface area contributed by atoms with Crippen LogP contribution in [-0.2, 0) is 17.6 Å². The lowest BCUT2D eigenvalue weighted by atomic mass is 9.81. The summed E-state index contributed by atoms with van der Waals surface area (Å²) in [5.74, 6) is -0.0183. The van der Waals surface area contributed by atoms with Crippen LogP contribution >= 0.6 is 0 Å². The maximum atomic E-state index is 13.8. The number of amides is 2. The van der Waals surface area contributed by atoms with E-state index < -0.39 is 5.54 Å². The molecule has 4 heteroatoms. The van der Waals surface area contributed by atoms with Crippen LogP contribution in [-0.4, -0.2) is 34.3 Å². The first kappa shape index (κ1) is 23.5. The monoisotopic (exact) mass is 446 g/mol. The zero-order valence-electron chi connectivity index (χ0n) is 20.2. The van der Waals surface area contributed by atoms with Gasteiger partial charge in [-0.25, -0.2) is 0 Å². The molecule has 0 saturated heterocycles. The first-order valence-electron chi connectivity index (χ1n) is 12.8. The average molecular weight is 447 g/mol. The summed E-state index contributed by atoms with van der Waals surface area (Å²) in [4.78, 5) is 29.4. The normalized spacial score (nSPS) is 22.7. The molecule has 2 aromatic rings. The lowest BCUT2D eigenvalue weighted by Gasteiger charge is -2.47. The number of carbonyl (C=O) groups excluding carboxylic acids is 2. The van der Waals surface area contributed by atoms with E-state index in [0.29, 0.717) is 6.42 Å². The van der Waals surface area contributed by atoms with Crippen molar-refractivity contribution in [3.05, 3.63) is 71.3 Å². The molecule has 0 aromatic heterocycles. The Morgan fingerprint density at radius 2 is 1.64 bits per heavy atom. The largest absolute Gasteiger partial charge is 0.351 e. The Morgan fingerprint density at radius 1 is 1.00 bits per heavy atom. The van der Waals surface area contributed by atoms with Gasteiger partial charge in [0, 0.05) is 24.1 Å². The molecule has 176 valence electrons. The number of hydrogen-bond donors (Lipinski definition) is 1. The molecular weight excluding hydrogens is 408 g/mol. The molecule has 2 amide bonds. The number of fused-ring (bicyclic) bond motifs is 1. The van der Waals surface area contributed by atoms with Gasteiger partial charge in [0.25, 0.3) is 5.91 Å². The molecular formula is C29H38N2O2. The van der Waals surface area contributed by atoms with Crippen molar-refractivity contribution >= 4 is 11.8 Å². The fraction of sp³-hybridized carbons (Fsp3) is 0.517. The predicted octanol–water partition coefficient (Wildman–Crippen LogP) is 5.69. The van der Waals surface area contributed by atoms with Crippen LogP contribution in [0.5, 0.6) is 0 Å². The van der Waals surface area contributed by atoms with Gasteiger partial charge in [0.15, 0.2) is 0 Å². The van der Waals surface area contributed by atoms with Crippen molar-refractivity contribution in [2.24, 2.45) is 0 Å². The number of benzene rings is 2. The molecule has 0 radical (unpaired) electrons. The molecule has 1 aliphatic carbocycles. The van der Waals surface area contributed by atoms with E-state index in [4.69, 9.17) is 0 Å². The highest BCUT2D eigenvalue weighted by Crippen LogP contribution is 2.34. The molecule has 4 rings (SSSR count). The second-order valence-electron chi connectivity index (χ2n) is 10.2. The van der Waals surface area contributed by atoms with Gasteiger partial charge < -0.3 is 10.2 Å². The summed E-state index contributed by atoms with van der Waals surface area (Å²) in [5, 5.41) is 3.37. The van der Waals surface area contributed by atoms with Gasteiger partial charge in [0.2, 0.25) is 5.91 Å². The third-order valence-corrected chi connectivity index (χ3v) is 7.60. The molecule has 1 heterocycles. The maximum absolute atomic E-state index is 13.8. The quantitative estimate of drug-likeness (QED) is 0.619. The van der Waals surface area contributed by atoms with Crippen LogP contribution in [0.15, 0.2) is 54.6 Å². The van der Waals surface area contributed by atoms with E-state index in [1.165, 1.54) is 37.7 Å². The molecule has 1 N–H and O–H groups in total. The highest BCUT2D eigenvalue weighted by Gasteiger charge is 2.48. The van der Waals surface area contributed by atoms with Crippen molar-refractivity contribution in [1.82, 2.24) is 10.2 Å². The summed E-state index contributed by atoms with van der Waals surface area (Å²) in [5.41, 5.74) is 2.09. The van der Waals surface area contributed by atoms with Crippen molar-refractivity contribution in [3.8, 4) is 0 Å². The van der Waals surface area contributed by atoms with Crippen molar-refractivity contribution in [2.75, 3.05) is 0 Å². The minimum atomic E-state index is -0.885. The molecule has 1 fully saturated rings. The molecule has 0 bridgehead atoms. The van der Waals surface area contributed by atoms with E-state index in [2.05, 4.69) is 36.5 Å². The third kappa shape index (κ3) is 5.31. The van der Waals surface area contributed by atoms with E-state index in [1.54, 1.807) is 0 Å². The lowest BCUT2D eigenvalue weighted by Crippen LogP contribution is -2.65. The van der Waals surface area contributed by atoms with E-state index in [0.717, 1.165) is 36.8 Å². The Hall–Kier alpha value is -2.62. The van der Waals surface area contributed by atoms with Crippen molar-refractivity contribution < 1.29 is 9.59 Å². The van der Waals surface area contributed by atoms with E-state index in [1.807, 2.05) is 42.2 Å². The molecule has 2 atom stereocenters. The number of aryl methyl sites for hydroxylation is 1. The molecule has 0 spiro atoms. The molecule has 1 saturated carbocycles. The summed E-state index contributed by atoms with van der Waals surface area (Å²) >= 11 is 0. The predicted molar refractivity (Wildman–Crippen MR) is 133 cm³/mol. The van der Waals surface area contributed by atoms with Crippen LogP contribution in [0.1, 0.15) is 86.7 Å².